The van der Waals surface area contributed by atoms with E-state index >= 15 is 0 Å². The van der Waals surface area contributed by atoms with Crippen molar-refractivity contribution in [3.8, 4) is 0 Å². The van der Waals surface area contributed by atoms with E-state index in [4.69, 9.17) is 11.5 Å². The molecular weight excluding hydrogens is 358 g/mol. The molecule has 0 spiro atoms. The van der Waals surface area contributed by atoms with E-state index < -0.39 is 23.9 Å². The molecule has 1 aliphatic heterocycles. The summed E-state index contributed by atoms with van der Waals surface area (Å²) in [5.74, 6) is -1.22. The minimum atomic E-state index is -0.729. The first kappa shape index (κ1) is 22.2. The molecule has 0 aromatic rings. The van der Waals surface area contributed by atoms with Crippen molar-refractivity contribution in [3.63, 3.8) is 0 Å². The zero-order valence-corrected chi connectivity index (χ0v) is 15.8. The number of rotatable bonds is 11. The van der Waals surface area contributed by atoms with Gasteiger partial charge in [-0.2, -0.15) is 12.6 Å². The number of nitrogens with two attached hydrogens (primary N) is 2. The van der Waals surface area contributed by atoms with Gasteiger partial charge in [0.15, 0.2) is 0 Å². The van der Waals surface area contributed by atoms with E-state index in [1.165, 1.54) is 4.90 Å². The van der Waals surface area contributed by atoms with Gasteiger partial charge in [-0.1, -0.05) is 0 Å². The highest BCUT2D eigenvalue weighted by Gasteiger charge is 2.32. The van der Waals surface area contributed by atoms with E-state index in [1.807, 2.05) is 0 Å². The Hall–Kier alpha value is -1.81. The number of nitrogens with one attached hydrogen (secondary N) is 2. The monoisotopic (exact) mass is 387 g/mol. The number of unbranched alkanes of at least 4 members (excludes halogenated alkanes) is 1. The predicted molar refractivity (Wildman–Crippen MR) is 100 cm³/mol. The second-order valence-electron chi connectivity index (χ2n) is 6.24. The maximum atomic E-state index is 12.4. The van der Waals surface area contributed by atoms with Crippen LogP contribution in [0.3, 0.4) is 0 Å². The van der Waals surface area contributed by atoms with Crippen LogP contribution in [0.25, 0.3) is 0 Å². The molecule has 0 unspecified atom stereocenters. The lowest BCUT2D eigenvalue weighted by Gasteiger charge is -2.23. The molecule has 4 amide bonds. The fourth-order valence-corrected chi connectivity index (χ4v) is 3.08. The standard InChI is InChI=1S/C16H29N5O4S/c17-7-2-1-4-11(20-13(22)6-9-26)16(25)19-10-14(23)21-8-3-5-12(21)15(18)24/h11-12,26H,1-10,17H2,(H2,18,24)(H,19,25)(H,20,22)/t11-,12-/m0/s1. The van der Waals surface area contributed by atoms with Crippen molar-refractivity contribution in [3.05, 3.63) is 0 Å². The minimum absolute atomic E-state index is 0.205. The van der Waals surface area contributed by atoms with Gasteiger partial charge in [-0.15, -0.1) is 0 Å². The van der Waals surface area contributed by atoms with Crippen molar-refractivity contribution in [1.29, 1.82) is 0 Å². The topological polar surface area (TPSA) is 148 Å². The molecular formula is C16H29N5O4S. The van der Waals surface area contributed by atoms with Gasteiger partial charge < -0.3 is 27.0 Å². The largest absolute Gasteiger partial charge is 0.368 e. The highest BCUT2D eigenvalue weighted by atomic mass is 32.1. The Bertz CT molecular complexity index is 517. The fraction of sp³-hybridized carbons (Fsp3) is 0.750. The van der Waals surface area contributed by atoms with Crippen LogP contribution in [-0.4, -0.2) is 66.0 Å². The summed E-state index contributed by atoms with van der Waals surface area (Å²) >= 11 is 4.00. The lowest BCUT2D eigenvalue weighted by atomic mass is 10.1. The summed E-state index contributed by atoms with van der Waals surface area (Å²) in [6.45, 7) is 0.709. The molecule has 0 aromatic carbocycles. The van der Waals surface area contributed by atoms with E-state index in [0.717, 1.165) is 6.42 Å². The van der Waals surface area contributed by atoms with Gasteiger partial charge in [-0.3, -0.25) is 19.2 Å². The van der Waals surface area contributed by atoms with Crippen LogP contribution in [0.5, 0.6) is 0 Å². The quantitative estimate of drug-likeness (QED) is 0.216. The van der Waals surface area contributed by atoms with E-state index in [0.29, 0.717) is 44.5 Å². The number of hydrogen-bond donors (Lipinski definition) is 5. The molecule has 0 aromatic heterocycles. The van der Waals surface area contributed by atoms with Gasteiger partial charge in [0.25, 0.3) is 0 Å². The van der Waals surface area contributed by atoms with Gasteiger partial charge in [-0.05, 0) is 44.4 Å². The number of primary amides is 1. The lowest BCUT2D eigenvalue weighted by molar-refractivity contribution is -0.138. The smallest absolute Gasteiger partial charge is 0.243 e. The van der Waals surface area contributed by atoms with E-state index in [1.54, 1.807) is 0 Å². The summed E-state index contributed by atoms with van der Waals surface area (Å²) in [4.78, 5) is 49.2. The molecule has 1 rings (SSSR count). The molecule has 1 fully saturated rings. The van der Waals surface area contributed by atoms with Crippen LogP contribution in [0.4, 0.5) is 0 Å². The number of amides is 4. The van der Waals surface area contributed by atoms with E-state index in [9.17, 15) is 19.2 Å². The summed E-state index contributed by atoms with van der Waals surface area (Å²) in [5.41, 5.74) is 10.8. The first-order chi connectivity index (χ1) is 12.4. The van der Waals surface area contributed by atoms with Crippen LogP contribution >= 0.6 is 12.6 Å². The number of nitrogens with zero attached hydrogens (tertiary/aromatic N) is 1. The molecule has 0 radical (unpaired) electrons. The van der Waals surface area contributed by atoms with E-state index in [-0.39, 0.29) is 24.8 Å². The molecule has 0 aliphatic carbocycles. The second kappa shape index (κ2) is 11.7. The molecule has 1 aliphatic rings. The minimum Gasteiger partial charge on any atom is -0.368 e. The van der Waals surface area contributed by atoms with Gasteiger partial charge in [0.2, 0.25) is 23.6 Å². The van der Waals surface area contributed by atoms with Crippen molar-refractivity contribution >= 4 is 36.3 Å². The second-order valence-corrected chi connectivity index (χ2v) is 6.69. The summed E-state index contributed by atoms with van der Waals surface area (Å²) < 4.78 is 0. The van der Waals surface area contributed by atoms with Crippen molar-refractivity contribution in [2.45, 2.75) is 50.6 Å². The van der Waals surface area contributed by atoms with Gasteiger partial charge in [0.1, 0.15) is 12.1 Å². The van der Waals surface area contributed by atoms with Crippen molar-refractivity contribution in [2.75, 3.05) is 25.4 Å². The Morgan fingerprint density at radius 1 is 1.23 bits per heavy atom. The highest BCUT2D eigenvalue weighted by molar-refractivity contribution is 7.80. The Balaban J connectivity index is 2.56. The molecule has 1 heterocycles. The van der Waals surface area contributed by atoms with Crippen molar-refractivity contribution in [1.82, 2.24) is 15.5 Å². The van der Waals surface area contributed by atoms with Crippen LogP contribution in [0.2, 0.25) is 0 Å². The average Bonchev–Trinajstić information content (AvgIpc) is 3.09. The molecule has 0 saturated carbocycles. The van der Waals surface area contributed by atoms with Crippen LogP contribution in [-0.2, 0) is 19.2 Å². The number of carbonyl (C=O) groups excluding carboxylic acids is 4. The molecule has 6 N–H and O–H groups in total. The molecule has 9 nitrogen and oxygen atoms in total. The number of likely N-dealkylation sites (tertiary alicyclic amines) is 1. The predicted octanol–water partition coefficient (Wildman–Crippen LogP) is -1.49. The van der Waals surface area contributed by atoms with E-state index in [2.05, 4.69) is 23.3 Å². The van der Waals surface area contributed by atoms with Gasteiger partial charge in [0.05, 0.1) is 6.54 Å². The highest BCUT2D eigenvalue weighted by Crippen LogP contribution is 2.16. The molecule has 10 heteroatoms. The Morgan fingerprint density at radius 3 is 2.58 bits per heavy atom. The maximum Gasteiger partial charge on any atom is 0.243 e. The fourth-order valence-electron chi connectivity index (χ4n) is 2.88. The Kier molecular flexibility index (Phi) is 10.0. The first-order valence-electron chi connectivity index (χ1n) is 8.87. The molecule has 2 atom stereocenters. The lowest BCUT2D eigenvalue weighted by Crippen LogP contribution is -2.51. The molecule has 0 bridgehead atoms. The molecule has 1 saturated heterocycles. The van der Waals surface area contributed by atoms with Gasteiger partial charge in [0, 0.05) is 13.0 Å². The van der Waals surface area contributed by atoms with Gasteiger partial charge >= 0.3 is 0 Å². The molecule has 26 heavy (non-hydrogen) atoms. The average molecular weight is 388 g/mol. The SMILES string of the molecule is NCCCC[C@H](NC(=O)CCS)C(=O)NCC(=O)N1CCC[C@H]1C(N)=O. The third kappa shape index (κ3) is 7.20. The van der Waals surface area contributed by atoms with Crippen molar-refractivity contribution in [2.24, 2.45) is 11.5 Å². The van der Waals surface area contributed by atoms with Crippen LogP contribution in [0.1, 0.15) is 38.5 Å². The first-order valence-corrected chi connectivity index (χ1v) is 9.50. The molecule has 148 valence electrons. The number of thiol groups is 1. The van der Waals surface area contributed by atoms with Crippen molar-refractivity contribution < 1.29 is 19.2 Å². The number of carbonyl (C=O) groups is 4. The third-order valence-corrected chi connectivity index (χ3v) is 4.48. The zero-order chi connectivity index (χ0) is 19.5. The van der Waals surface area contributed by atoms with Gasteiger partial charge in [-0.25, -0.2) is 0 Å². The Labute approximate surface area is 159 Å². The van der Waals surface area contributed by atoms with Crippen LogP contribution in [0, 0.1) is 0 Å². The summed E-state index contributed by atoms with van der Waals surface area (Å²) in [6.07, 6.45) is 3.30. The summed E-state index contributed by atoms with van der Waals surface area (Å²) in [7, 11) is 0. The summed E-state index contributed by atoms with van der Waals surface area (Å²) in [5, 5.41) is 5.20. The maximum absolute atomic E-state index is 12.4. The normalized spacial score (nSPS) is 17.6. The summed E-state index contributed by atoms with van der Waals surface area (Å²) in [6, 6.07) is -1.35. The zero-order valence-electron chi connectivity index (χ0n) is 14.9. The number of hydrogen-bond acceptors (Lipinski definition) is 6. The third-order valence-electron chi connectivity index (χ3n) is 4.25. The Morgan fingerprint density at radius 2 is 1.96 bits per heavy atom. The van der Waals surface area contributed by atoms with Crippen LogP contribution in [0.15, 0.2) is 0 Å². The van der Waals surface area contributed by atoms with Crippen LogP contribution < -0.4 is 22.1 Å².